The van der Waals surface area contributed by atoms with Crippen molar-refractivity contribution in [3.8, 4) is 0 Å². The number of hydrogen-bond acceptors (Lipinski definition) is 2. The summed E-state index contributed by atoms with van der Waals surface area (Å²) in [6.07, 6.45) is 3.87. The van der Waals surface area contributed by atoms with Crippen molar-refractivity contribution in [2.75, 3.05) is 13.6 Å². The maximum absolute atomic E-state index is 10.1. The Morgan fingerprint density at radius 3 is 2.88 bits per heavy atom. The van der Waals surface area contributed by atoms with Crippen molar-refractivity contribution in [3.05, 3.63) is 11.8 Å². The second-order valence-corrected chi connectivity index (χ2v) is 1.96. The molecule has 2 nitrogen and oxygen atoms in total. The minimum atomic E-state index is 0.824. The maximum Gasteiger partial charge on any atom is 0.165 e. The minimum Gasteiger partial charge on any atom is -0.372 e. The van der Waals surface area contributed by atoms with Crippen molar-refractivity contribution in [2.45, 2.75) is 6.42 Å². The van der Waals surface area contributed by atoms with Crippen LogP contribution in [0.25, 0.3) is 0 Å². The van der Waals surface area contributed by atoms with E-state index in [0.717, 1.165) is 24.9 Å². The van der Waals surface area contributed by atoms with E-state index in [1.165, 1.54) is 0 Å². The summed E-state index contributed by atoms with van der Waals surface area (Å²) in [7, 11) is 1.92. The lowest BCUT2D eigenvalue weighted by molar-refractivity contribution is -0.105. The van der Waals surface area contributed by atoms with Gasteiger partial charge in [-0.05, 0) is 6.42 Å². The number of hydrogen-bond donors (Lipinski definition) is 0. The van der Waals surface area contributed by atoms with Crippen LogP contribution in [-0.4, -0.2) is 24.8 Å². The van der Waals surface area contributed by atoms with Gasteiger partial charge in [-0.3, -0.25) is 4.79 Å². The molecule has 0 aliphatic carbocycles. The number of carbonyl (C=O) groups is 1. The fourth-order valence-corrected chi connectivity index (χ4v) is 0.829. The molecule has 0 amide bonds. The molecule has 0 bridgehead atoms. The van der Waals surface area contributed by atoms with Crippen molar-refractivity contribution in [3.63, 3.8) is 0 Å². The molecule has 0 aromatic rings. The normalized spacial score (nSPS) is 18.6. The van der Waals surface area contributed by atoms with Crippen LogP contribution in [0.3, 0.4) is 0 Å². The molecular formula is C6H9NO. The standard InChI is InChI=1S/C6H9NO/c1-7-4-2-3-6(7)5-8/h3,5H,2,4H2,1H3. The zero-order chi connectivity index (χ0) is 5.98. The lowest BCUT2D eigenvalue weighted by Gasteiger charge is -2.09. The van der Waals surface area contributed by atoms with E-state index in [9.17, 15) is 4.79 Å². The molecule has 0 fully saturated rings. The van der Waals surface area contributed by atoms with Gasteiger partial charge in [0.2, 0.25) is 0 Å². The second-order valence-electron chi connectivity index (χ2n) is 1.96. The Balaban J connectivity index is 2.62. The van der Waals surface area contributed by atoms with Gasteiger partial charge in [-0.1, -0.05) is 6.08 Å². The summed E-state index contributed by atoms with van der Waals surface area (Å²) in [5, 5.41) is 0. The molecule has 1 rings (SSSR count). The topological polar surface area (TPSA) is 20.3 Å². The first kappa shape index (κ1) is 5.35. The molecule has 0 N–H and O–H groups in total. The average Bonchev–Trinajstić information content (AvgIpc) is 2.14. The van der Waals surface area contributed by atoms with Gasteiger partial charge >= 0.3 is 0 Å². The third-order valence-corrected chi connectivity index (χ3v) is 1.38. The smallest absolute Gasteiger partial charge is 0.165 e. The lowest BCUT2D eigenvalue weighted by Crippen LogP contribution is -2.13. The molecule has 8 heavy (non-hydrogen) atoms. The molecule has 1 aliphatic rings. The minimum absolute atomic E-state index is 0.824. The monoisotopic (exact) mass is 111 g/mol. The van der Waals surface area contributed by atoms with Crippen molar-refractivity contribution < 1.29 is 4.79 Å². The molecule has 0 spiro atoms. The van der Waals surface area contributed by atoms with Crippen molar-refractivity contribution in [1.29, 1.82) is 0 Å². The molecule has 1 aliphatic heterocycles. The molecular weight excluding hydrogens is 102 g/mol. The van der Waals surface area contributed by atoms with Crippen LogP contribution in [0.2, 0.25) is 0 Å². The number of rotatable bonds is 1. The van der Waals surface area contributed by atoms with Gasteiger partial charge in [0.05, 0.1) is 5.70 Å². The van der Waals surface area contributed by atoms with Gasteiger partial charge in [-0.15, -0.1) is 0 Å². The first-order valence-corrected chi connectivity index (χ1v) is 2.71. The quantitative estimate of drug-likeness (QED) is 0.457. The second kappa shape index (κ2) is 1.99. The van der Waals surface area contributed by atoms with Crippen LogP contribution in [0.15, 0.2) is 11.8 Å². The van der Waals surface area contributed by atoms with Gasteiger partial charge < -0.3 is 4.90 Å². The van der Waals surface area contributed by atoms with Crippen LogP contribution in [0.1, 0.15) is 6.42 Å². The van der Waals surface area contributed by atoms with Crippen molar-refractivity contribution >= 4 is 6.29 Å². The van der Waals surface area contributed by atoms with Crippen LogP contribution < -0.4 is 0 Å². The zero-order valence-electron chi connectivity index (χ0n) is 4.92. The number of carbonyl (C=O) groups excluding carboxylic acids is 1. The number of likely N-dealkylation sites (N-methyl/N-ethyl adjacent to an activating group) is 1. The third-order valence-electron chi connectivity index (χ3n) is 1.38. The molecule has 44 valence electrons. The van der Waals surface area contributed by atoms with Gasteiger partial charge in [-0.25, -0.2) is 0 Å². The highest BCUT2D eigenvalue weighted by atomic mass is 16.1. The fourth-order valence-electron chi connectivity index (χ4n) is 0.829. The van der Waals surface area contributed by atoms with Crippen LogP contribution in [0, 0.1) is 0 Å². The predicted octanol–water partition coefficient (Wildman–Crippen LogP) is 0.405. The summed E-state index contributed by atoms with van der Waals surface area (Å²) in [6, 6.07) is 0. The predicted molar refractivity (Wildman–Crippen MR) is 31.4 cm³/mol. The van der Waals surface area contributed by atoms with Crippen LogP contribution >= 0.6 is 0 Å². The highest BCUT2D eigenvalue weighted by Crippen LogP contribution is 2.07. The third kappa shape index (κ3) is 0.735. The first-order valence-electron chi connectivity index (χ1n) is 2.71. The summed E-state index contributed by atoms with van der Waals surface area (Å²) in [5.74, 6) is 0. The van der Waals surface area contributed by atoms with E-state index in [0.29, 0.717) is 0 Å². The molecule has 0 saturated carbocycles. The highest BCUT2D eigenvalue weighted by molar-refractivity contribution is 5.72. The summed E-state index contributed by atoms with van der Waals surface area (Å²) in [4.78, 5) is 12.1. The van der Waals surface area contributed by atoms with E-state index < -0.39 is 0 Å². The fraction of sp³-hybridized carbons (Fsp3) is 0.500. The molecule has 0 saturated heterocycles. The van der Waals surface area contributed by atoms with Crippen LogP contribution in [-0.2, 0) is 4.79 Å². The Kier molecular flexibility index (Phi) is 1.33. The van der Waals surface area contributed by atoms with Gasteiger partial charge in [-0.2, -0.15) is 0 Å². The molecule has 0 aromatic carbocycles. The van der Waals surface area contributed by atoms with Gasteiger partial charge in [0, 0.05) is 13.6 Å². The Labute approximate surface area is 48.8 Å². The molecule has 0 atom stereocenters. The lowest BCUT2D eigenvalue weighted by atomic mass is 10.4. The molecule has 1 heterocycles. The molecule has 0 radical (unpaired) electrons. The molecule has 2 heteroatoms. The molecule has 0 aromatic heterocycles. The van der Waals surface area contributed by atoms with Crippen LogP contribution in [0.4, 0.5) is 0 Å². The SMILES string of the molecule is CN1CCC=C1C=O. The Morgan fingerprint density at radius 1 is 1.88 bits per heavy atom. The zero-order valence-corrected chi connectivity index (χ0v) is 4.92. The summed E-state index contributed by atoms with van der Waals surface area (Å²) < 4.78 is 0. The summed E-state index contributed by atoms with van der Waals surface area (Å²) >= 11 is 0. The molecule has 0 unspecified atom stereocenters. The average molecular weight is 111 g/mol. The van der Waals surface area contributed by atoms with E-state index in [1.807, 2.05) is 18.0 Å². The Bertz CT molecular complexity index is 128. The Hall–Kier alpha value is -0.790. The van der Waals surface area contributed by atoms with Gasteiger partial charge in [0.1, 0.15) is 0 Å². The number of allylic oxidation sites excluding steroid dienone is 1. The van der Waals surface area contributed by atoms with E-state index >= 15 is 0 Å². The van der Waals surface area contributed by atoms with Gasteiger partial charge in [0.15, 0.2) is 6.29 Å². The first-order chi connectivity index (χ1) is 3.84. The van der Waals surface area contributed by atoms with Crippen molar-refractivity contribution in [1.82, 2.24) is 4.90 Å². The van der Waals surface area contributed by atoms with Crippen LogP contribution in [0.5, 0.6) is 0 Å². The van der Waals surface area contributed by atoms with Crippen molar-refractivity contribution in [2.24, 2.45) is 0 Å². The summed E-state index contributed by atoms with van der Waals surface area (Å²) in [5.41, 5.74) is 0.824. The Morgan fingerprint density at radius 2 is 2.62 bits per heavy atom. The maximum atomic E-state index is 10.1. The number of aldehydes is 1. The van der Waals surface area contributed by atoms with E-state index in [2.05, 4.69) is 0 Å². The number of nitrogens with zero attached hydrogens (tertiary/aromatic N) is 1. The van der Waals surface area contributed by atoms with E-state index in [-0.39, 0.29) is 0 Å². The van der Waals surface area contributed by atoms with E-state index in [1.54, 1.807) is 0 Å². The highest BCUT2D eigenvalue weighted by Gasteiger charge is 2.07. The summed E-state index contributed by atoms with van der Waals surface area (Å²) in [6.45, 7) is 0.994. The van der Waals surface area contributed by atoms with E-state index in [4.69, 9.17) is 0 Å². The van der Waals surface area contributed by atoms with Gasteiger partial charge in [0.25, 0.3) is 0 Å². The largest absolute Gasteiger partial charge is 0.372 e.